The Morgan fingerprint density at radius 1 is 1.19 bits per heavy atom. The van der Waals surface area contributed by atoms with E-state index in [1.54, 1.807) is 0 Å². The monoisotopic (exact) mass is 250 g/mol. The van der Waals surface area contributed by atoms with Crippen LogP contribution in [0.5, 0.6) is 0 Å². The van der Waals surface area contributed by atoms with Crippen LogP contribution in [0.15, 0.2) is 0 Å². The van der Waals surface area contributed by atoms with E-state index in [4.69, 9.17) is 0 Å². The van der Waals surface area contributed by atoms with E-state index in [1.165, 1.54) is 0 Å². The Morgan fingerprint density at radius 3 is 2.44 bits per heavy atom. The molecular formula is C11H26N2O2S. The second kappa shape index (κ2) is 8.96. The molecule has 0 aliphatic heterocycles. The lowest BCUT2D eigenvalue weighted by Crippen LogP contribution is -2.35. The smallest absolute Gasteiger partial charge is 0.211 e. The minimum atomic E-state index is -3.08. The number of nitrogens with one attached hydrogen (secondary N) is 2. The van der Waals surface area contributed by atoms with Gasteiger partial charge in [0.15, 0.2) is 0 Å². The molecule has 0 saturated carbocycles. The Bertz CT molecular complexity index is 253. The standard InChI is InChI=1S/C11H26N2O2S/c1-4-6-8-11(3)13-16(14,15)10-7-9-12-5-2/h11-13H,4-10H2,1-3H3. The fraction of sp³-hybridized carbons (Fsp3) is 1.00. The van der Waals surface area contributed by atoms with Crippen LogP contribution in [0.4, 0.5) is 0 Å². The molecule has 0 aromatic carbocycles. The minimum absolute atomic E-state index is 0.0593. The van der Waals surface area contributed by atoms with Gasteiger partial charge in [0.2, 0.25) is 10.0 Å². The second-order valence-corrected chi connectivity index (χ2v) is 6.06. The number of hydrogen-bond acceptors (Lipinski definition) is 3. The van der Waals surface area contributed by atoms with Crippen LogP contribution in [-0.2, 0) is 10.0 Å². The van der Waals surface area contributed by atoms with Crippen LogP contribution >= 0.6 is 0 Å². The summed E-state index contributed by atoms with van der Waals surface area (Å²) in [4.78, 5) is 0. The van der Waals surface area contributed by atoms with Crippen molar-refractivity contribution in [2.45, 2.75) is 52.5 Å². The first-order valence-electron chi connectivity index (χ1n) is 6.22. The van der Waals surface area contributed by atoms with E-state index in [9.17, 15) is 8.42 Å². The lowest BCUT2D eigenvalue weighted by Gasteiger charge is -2.13. The molecule has 0 rings (SSSR count). The van der Waals surface area contributed by atoms with Crippen molar-refractivity contribution in [3.63, 3.8) is 0 Å². The van der Waals surface area contributed by atoms with Gasteiger partial charge in [-0.25, -0.2) is 13.1 Å². The van der Waals surface area contributed by atoms with Gasteiger partial charge in [-0.05, 0) is 32.9 Å². The first-order chi connectivity index (χ1) is 7.52. The topological polar surface area (TPSA) is 58.2 Å². The van der Waals surface area contributed by atoms with Gasteiger partial charge in [0.05, 0.1) is 5.75 Å². The molecule has 0 aromatic rings. The molecule has 0 amide bonds. The zero-order chi connectivity index (χ0) is 12.4. The summed E-state index contributed by atoms with van der Waals surface area (Å²) in [5.74, 6) is 0.219. The molecule has 5 heteroatoms. The molecule has 0 aromatic heterocycles. The summed E-state index contributed by atoms with van der Waals surface area (Å²) in [5.41, 5.74) is 0. The summed E-state index contributed by atoms with van der Waals surface area (Å²) in [7, 11) is -3.08. The molecule has 0 aliphatic carbocycles. The van der Waals surface area contributed by atoms with Gasteiger partial charge in [0.1, 0.15) is 0 Å². The van der Waals surface area contributed by atoms with Gasteiger partial charge in [-0.15, -0.1) is 0 Å². The third-order valence-electron chi connectivity index (χ3n) is 2.39. The summed E-state index contributed by atoms with van der Waals surface area (Å²) < 4.78 is 26.0. The first kappa shape index (κ1) is 15.9. The van der Waals surface area contributed by atoms with Gasteiger partial charge in [-0.3, -0.25) is 0 Å². The molecule has 0 radical (unpaired) electrons. The maximum Gasteiger partial charge on any atom is 0.211 e. The van der Waals surface area contributed by atoms with E-state index in [2.05, 4.69) is 17.0 Å². The van der Waals surface area contributed by atoms with Crippen molar-refractivity contribution in [2.24, 2.45) is 0 Å². The Balaban J connectivity index is 3.76. The highest BCUT2D eigenvalue weighted by molar-refractivity contribution is 7.89. The van der Waals surface area contributed by atoms with E-state index >= 15 is 0 Å². The van der Waals surface area contributed by atoms with Gasteiger partial charge in [-0.1, -0.05) is 26.7 Å². The first-order valence-corrected chi connectivity index (χ1v) is 7.87. The van der Waals surface area contributed by atoms with Crippen molar-refractivity contribution in [3.8, 4) is 0 Å². The van der Waals surface area contributed by atoms with Crippen molar-refractivity contribution in [1.82, 2.24) is 10.0 Å². The third-order valence-corrected chi connectivity index (χ3v) is 3.98. The van der Waals surface area contributed by atoms with Crippen molar-refractivity contribution in [3.05, 3.63) is 0 Å². The summed E-state index contributed by atoms with van der Waals surface area (Å²) in [6.45, 7) is 7.70. The van der Waals surface area contributed by atoms with Crippen LogP contribution in [0.1, 0.15) is 46.5 Å². The zero-order valence-electron chi connectivity index (χ0n) is 10.8. The minimum Gasteiger partial charge on any atom is -0.317 e. The zero-order valence-corrected chi connectivity index (χ0v) is 11.6. The van der Waals surface area contributed by atoms with Crippen LogP contribution in [0.25, 0.3) is 0 Å². The molecule has 0 aliphatic rings. The van der Waals surface area contributed by atoms with E-state index in [1.807, 2.05) is 13.8 Å². The summed E-state index contributed by atoms with van der Waals surface area (Å²) in [6.07, 6.45) is 3.76. The molecule has 4 nitrogen and oxygen atoms in total. The highest BCUT2D eigenvalue weighted by Gasteiger charge is 2.13. The van der Waals surface area contributed by atoms with Gasteiger partial charge in [-0.2, -0.15) is 0 Å². The summed E-state index contributed by atoms with van der Waals surface area (Å²) in [5, 5.41) is 3.12. The molecule has 16 heavy (non-hydrogen) atoms. The Morgan fingerprint density at radius 2 is 1.88 bits per heavy atom. The number of sulfonamides is 1. The van der Waals surface area contributed by atoms with E-state index < -0.39 is 10.0 Å². The molecule has 0 saturated heterocycles. The largest absolute Gasteiger partial charge is 0.317 e. The molecule has 0 spiro atoms. The van der Waals surface area contributed by atoms with Crippen LogP contribution in [-0.4, -0.2) is 33.3 Å². The third kappa shape index (κ3) is 9.12. The molecule has 98 valence electrons. The fourth-order valence-corrected chi connectivity index (χ4v) is 2.87. The number of hydrogen-bond donors (Lipinski definition) is 2. The predicted octanol–water partition coefficient (Wildman–Crippen LogP) is 1.48. The molecule has 2 N–H and O–H groups in total. The average molecular weight is 250 g/mol. The van der Waals surface area contributed by atoms with Gasteiger partial charge in [0.25, 0.3) is 0 Å². The van der Waals surface area contributed by atoms with Gasteiger partial charge >= 0.3 is 0 Å². The predicted molar refractivity (Wildman–Crippen MR) is 69.1 cm³/mol. The molecule has 1 atom stereocenters. The number of unbranched alkanes of at least 4 members (excludes halogenated alkanes) is 1. The highest BCUT2D eigenvalue weighted by Crippen LogP contribution is 2.01. The average Bonchev–Trinajstić information content (AvgIpc) is 2.21. The van der Waals surface area contributed by atoms with Crippen molar-refractivity contribution in [2.75, 3.05) is 18.8 Å². The van der Waals surface area contributed by atoms with E-state index in [0.29, 0.717) is 6.42 Å². The normalized spacial score (nSPS) is 13.9. The Hall–Kier alpha value is -0.130. The second-order valence-electron chi connectivity index (χ2n) is 4.19. The van der Waals surface area contributed by atoms with Gasteiger partial charge < -0.3 is 5.32 Å². The maximum absolute atomic E-state index is 11.6. The van der Waals surface area contributed by atoms with Crippen LogP contribution in [0.3, 0.4) is 0 Å². The van der Waals surface area contributed by atoms with Crippen LogP contribution in [0.2, 0.25) is 0 Å². The van der Waals surface area contributed by atoms with Crippen molar-refractivity contribution in [1.29, 1.82) is 0 Å². The van der Waals surface area contributed by atoms with Crippen molar-refractivity contribution < 1.29 is 8.42 Å². The Labute approximate surface area is 100 Å². The maximum atomic E-state index is 11.6. The molecule has 0 bridgehead atoms. The molecule has 1 unspecified atom stereocenters. The molecular weight excluding hydrogens is 224 g/mol. The van der Waals surface area contributed by atoms with Crippen LogP contribution < -0.4 is 10.0 Å². The SMILES string of the molecule is CCCCC(C)NS(=O)(=O)CCCNCC. The number of rotatable bonds is 10. The highest BCUT2D eigenvalue weighted by atomic mass is 32.2. The quantitative estimate of drug-likeness (QED) is 0.577. The lowest BCUT2D eigenvalue weighted by atomic mass is 10.2. The summed E-state index contributed by atoms with van der Waals surface area (Å²) >= 11 is 0. The molecule has 0 heterocycles. The Kier molecular flexibility index (Phi) is 8.89. The lowest BCUT2D eigenvalue weighted by molar-refractivity contribution is 0.531. The van der Waals surface area contributed by atoms with Crippen molar-refractivity contribution >= 4 is 10.0 Å². The molecule has 0 fully saturated rings. The van der Waals surface area contributed by atoms with Crippen LogP contribution in [0, 0.1) is 0 Å². The fourth-order valence-electron chi connectivity index (χ4n) is 1.50. The van der Waals surface area contributed by atoms with E-state index in [0.717, 1.165) is 32.4 Å². The van der Waals surface area contributed by atoms with E-state index in [-0.39, 0.29) is 11.8 Å². The van der Waals surface area contributed by atoms with Gasteiger partial charge in [0, 0.05) is 6.04 Å². The summed E-state index contributed by atoms with van der Waals surface area (Å²) in [6, 6.07) is 0.0593.